The Balaban J connectivity index is 2.32. The highest BCUT2D eigenvalue weighted by Gasteiger charge is 2.35. The average Bonchev–Trinajstić information content (AvgIpc) is 2.77. The molecule has 0 aromatic carbocycles. The van der Waals surface area contributed by atoms with Crippen LogP contribution in [0.5, 0.6) is 0 Å². The molecule has 2 rings (SSSR count). The van der Waals surface area contributed by atoms with Gasteiger partial charge in [-0.25, -0.2) is 4.79 Å². The van der Waals surface area contributed by atoms with Crippen molar-refractivity contribution in [2.45, 2.75) is 31.7 Å². The second-order valence-electron chi connectivity index (χ2n) is 4.32. The van der Waals surface area contributed by atoms with E-state index in [1.54, 1.807) is 13.1 Å². The van der Waals surface area contributed by atoms with Crippen molar-refractivity contribution in [2.75, 3.05) is 12.3 Å². The second-order valence-corrected chi connectivity index (χ2v) is 4.32. The molecule has 1 aromatic heterocycles. The van der Waals surface area contributed by atoms with E-state index in [-0.39, 0.29) is 12.4 Å². The molecule has 9 heteroatoms. The summed E-state index contributed by atoms with van der Waals surface area (Å²) in [6, 6.07) is -0.509. The lowest BCUT2D eigenvalue weighted by molar-refractivity contribution is -0.0270. The summed E-state index contributed by atoms with van der Waals surface area (Å²) in [5.41, 5.74) is 14.1. The number of aliphatic hydroxyl groups excluding tert-OH is 1. The largest absolute Gasteiger partial charge is 0.394 e. The van der Waals surface area contributed by atoms with E-state index < -0.39 is 24.1 Å². The van der Waals surface area contributed by atoms with Crippen LogP contribution in [0.15, 0.2) is 16.1 Å². The van der Waals surface area contributed by atoms with Gasteiger partial charge in [-0.2, -0.15) is 4.98 Å². The summed E-state index contributed by atoms with van der Waals surface area (Å²) >= 11 is 0. The van der Waals surface area contributed by atoms with Gasteiger partial charge in [0.15, 0.2) is 0 Å². The first-order valence-electron chi connectivity index (χ1n) is 5.72. The minimum Gasteiger partial charge on any atom is -0.394 e. The summed E-state index contributed by atoms with van der Waals surface area (Å²) in [7, 11) is 0. The predicted octanol–water partition coefficient (Wildman–Crippen LogP) is 0.0926. The van der Waals surface area contributed by atoms with Crippen LogP contribution in [-0.2, 0) is 4.74 Å². The van der Waals surface area contributed by atoms with Crippen molar-refractivity contribution in [3.8, 4) is 0 Å². The number of azide groups is 1. The maximum Gasteiger partial charge on any atom is 0.351 e. The van der Waals surface area contributed by atoms with Gasteiger partial charge in [-0.3, -0.25) is 4.57 Å². The molecule has 3 N–H and O–H groups in total. The predicted molar refractivity (Wildman–Crippen MR) is 66.2 cm³/mol. The topological polar surface area (TPSA) is 139 Å². The molecule has 0 spiro atoms. The number of hydrogen-bond donors (Lipinski definition) is 2. The van der Waals surface area contributed by atoms with Crippen LogP contribution in [0.2, 0.25) is 0 Å². The van der Waals surface area contributed by atoms with Crippen LogP contribution in [0, 0.1) is 6.92 Å². The minimum atomic E-state index is -0.620. The molecule has 0 bridgehead atoms. The van der Waals surface area contributed by atoms with Crippen molar-refractivity contribution in [2.24, 2.45) is 5.11 Å². The van der Waals surface area contributed by atoms with Crippen LogP contribution in [0.4, 0.5) is 5.82 Å². The number of aliphatic hydroxyl groups is 1. The van der Waals surface area contributed by atoms with Gasteiger partial charge in [-0.05, 0) is 12.5 Å². The molecule has 19 heavy (non-hydrogen) atoms. The molecule has 0 aliphatic carbocycles. The smallest absolute Gasteiger partial charge is 0.351 e. The van der Waals surface area contributed by atoms with Crippen molar-refractivity contribution in [3.05, 3.63) is 32.7 Å². The van der Waals surface area contributed by atoms with Crippen molar-refractivity contribution < 1.29 is 9.84 Å². The van der Waals surface area contributed by atoms with Crippen LogP contribution >= 0.6 is 0 Å². The molecule has 2 heterocycles. The first-order chi connectivity index (χ1) is 9.06. The molecule has 0 radical (unpaired) electrons. The third-order valence-corrected chi connectivity index (χ3v) is 3.07. The molecule has 1 saturated heterocycles. The monoisotopic (exact) mass is 266 g/mol. The highest BCUT2D eigenvalue weighted by atomic mass is 16.5. The molecule has 9 nitrogen and oxygen atoms in total. The number of anilines is 1. The van der Waals surface area contributed by atoms with Gasteiger partial charge in [-0.15, -0.1) is 0 Å². The van der Waals surface area contributed by atoms with E-state index in [0.29, 0.717) is 12.0 Å². The van der Waals surface area contributed by atoms with E-state index in [4.69, 9.17) is 21.1 Å². The van der Waals surface area contributed by atoms with E-state index in [0.717, 1.165) is 0 Å². The number of ether oxygens (including phenoxy) is 1. The number of nitrogen functional groups attached to an aromatic ring is 1. The van der Waals surface area contributed by atoms with Crippen LogP contribution in [0.1, 0.15) is 18.2 Å². The fourth-order valence-electron chi connectivity index (χ4n) is 2.02. The standard InChI is InChI=1S/C10H14N6O3/c1-5-3-16(10(18)13-9(5)11)8-2-6(14-15-12)7(4-17)19-8/h3,6-8,17H,2,4H2,1H3,(H2,11,13,18)/t6-,7-,8+/m1/s1. The maximum absolute atomic E-state index is 11.8. The fourth-order valence-corrected chi connectivity index (χ4v) is 2.02. The molecule has 3 atom stereocenters. The molecular formula is C10H14N6O3. The second kappa shape index (κ2) is 5.27. The Morgan fingerprint density at radius 3 is 3.16 bits per heavy atom. The molecule has 1 fully saturated rings. The third-order valence-electron chi connectivity index (χ3n) is 3.07. The van der Waals surface area contributed by atoms with Gasteiger partial charge in [0, 0.05) is 23.1 Å². The van der Waals surface area contributed by atoms with Gasteiger partial charge in [0.25, 0.3) is 0 Å². The summed E-state index contributed by atoms with van der Waals surface area (Å²) in [5, 5.41) is 12.7. The van der Waals surface area contributed by atoms with Gasteiger partial charge in [-0.1, -0.05) is 5.11 Å². The number of nitrogens with zero attached hydrogens (tertiary/aromatic N) is 5. The van der Waals surface area contributed by atoms with E-state index in [9.17, 15) is 4.79 Å². The zero-order valence-corrected chi connectivity index (χ0v) is 10.3. The van der Waals surface area contributed by atoms with E-state index in [1.165, 1.54) is 4.57 Å². The van der Waals surface area contributed by atoms with Crippen LogP contribution < -0.4 is 11.4 Å². The number of nitrogens with two attached hydrogens (primary N) is 1. The first kappa shape index (κ1) is 13.3. The van der Waals surface area contributed by atoms with Crippen LogP contribution in [0.3, 0.4) is 0 Å². The lowest BCUT2D eigenvalue weighted by Crippen LogP contribution is -2.28. The number of rotatable bonds is 3. The van der Waals surface area contributed by atoms with E-state index in [1.807, 2.05) is 0 Å². The number of hydrogen-bond acceptors (Lipinski definition) is 6. The first-order valence-corrected chi connectivity index (χ1v) is 5.72. The summed E-state index contributed by atoms with van der Waals surface area (Å²) in [5.74, 6) is 0.171. The van der Waals surface area contributed by atoms with E-state index >= 15 is 0 Å². The van der Waals surface area contributed by atoms with Gasteiger partial charge < -0.3 is 15.6 Å². The Hall–Kier alpha value is -2.09. The van der Waals surface area contributed by atoms with E-state index in [2.05, 4.69) is 15.0 Å². The van der Waals surface area contributed by atoms with Crippen LogP contribution in [0.25, 0.3) is 10.4 Å². The van der Waals surface area contributed by atoms with Crippen molar-refractivity contribution in [1.29, 1.82) is 0 Å². The molecule has 0 saturated carbocycles. The summed E-state index contributed by atoms with van der Waals surface area (Å²) < 4.78 is 6.80. The quantitative estimate of drug-likeness (QED) is 0.453. The lowest BCUT2D eigenvalue weighted by Gasteiger charge is -2.15. The van der Waals surface area contributed by atoms with Crippen LogP contribution in [-0.4, -0.2) is 33.4 Å². The molecule has 0 amide bonds. The Kier molecular flexibility index (Phi) is 3.70. The average molecular weight is 266 g/mol. The molecular weight excluding hydrogens is 252 g/mol. The van der Waals surface area contributed by atoms with Gasteiger partial charge in [0.05, 0.1) is 18.8 Å². The zero-order valence-electron chi connectivity index (χ0n) is 10.3. The number of aromatic nitrogens is 2. The molecule has 1 aliphatic rings. The molecule has 1 aliphatic heterocycles. The highest BCUT2D eigenvalue weighted by molar-refractivity contribution is 5.35. The number of aryl methyl sites for hydroxylation is 1. The zero-order chi connectivity index (χ0) is 14.0. The minimum absolute atomic E-state index is 0.171. The molecule has 1 aromatic rings. The highest BCUT2D eigenvalue weighted by Crippen LogP contribution is 2.30. The Bertz CT molecular complexity index is 579. The Labute approximate surface area is 108 Å². The SMILES string of the molecule is Cc1cn([C@@H]2C[C@@H](N=[N+]=[N-])[C@@H](CO)O2)c(=O)nc1N. The summed E-state index contributed by atoms with van der Waals surface area (Å²) in [6.45, 7) is 1.44. The van der Waals surface area contributed by atoms with Crippen molar-refractivity contribution >= 4 is 5.82 Å². The third kappa shape index (κ3) is 2.53. The molecule has 0 unspecified atom stereocenters. The fraction of sp³-hybridized carbons (Fsp3) is 0.600. The van der Waals surface area contributed by atoms with Crippen molar-refractivity contribution in [1.82, 2.24) is 9.55 Å². The summed E-state index contributed by atoms with van der Waals surface area (Å²) in [6.07, 6.45) is 0.611. The van der Waals surface area contributed by atoms with Gasteiger partial charge >= 0.3 is 5.69 Å². The van der Waals surface area contributed by atoms with Gasteiger partial charge in [0.2, 0.25) is 0 Å². The van der Waals surface area contributed by atoms with Crippen molar-refractivity contribution in [3.63, 3.8) is 0 Å². The lowest BCUT2D eigenvalue weighted by atomic mass is 10.1. The normalized spacial score (nSPS) is 26.1. The Morgan fingerprint density at radius 2 is 2.53 bits per heavy atom. The summed E-state index contributed by atoms with van der Waals surface area (Å²) in [4.78, 5) is 18.2. The maximum atomic E-state index is 11.8. The molecule has 102 valence electrons. The van der Waals surface area contributed by atoms with Gasteiger partial charge in [0.1, 0.15) is 12.0 Å². The Morgan fingerprint density at radius 1 is 1.79 bits per heavy atom.